The van der Waals surface area contributed by atoms with Gasteiger partial charge in [-0.3, -0.25) is 0 Å². The number of methoxy groups -OCH3 is 1. The topological polar surface area (TPSA) is 132 Å². The van der Waals surface area contributed by atoms with E-state index in [1.54, 1.807) is 0 Å². The predicted octanol–water partition coefficient (Wildman–Crippen LogP) is -2.71. The molecule has 22 heavy (non-hydrogen) atoms. The van der Waals surface area contributed by atoms with Crippen molar-refractivity contribution < 1.29 is 56.2 Å². The normalized spacial score (nSPS) is 19.8. The molecule has 2 rings (SSSR count). The van der Waals surface area contributed by atoms with Crippen molar-refractivity contribution in [1.82, 2.24) is 4.72 Å². The molecular weight excluding hydrogens is 309 g/mol. The Morgan fingerprint density at radius 3 is 2.82 bits per heavy atom. The maximum absolute atomic E-state index is 12.2. The standard InChI is InChI=1S/C12H15NO6S.Li.H2O/c1-18-11-3-2-9(6-10(11)12(14)15)20(16,17)13-8-4-5-19-7-8;;/h2-3,6,8,13H,4-5,7H2,1H3,(H,14,15);;1H2/q;+1;/p-1/t8-;;/m0../s1/i1D3;;. The smallest absolute Gasteiger partial charge is 0.870 e. The number of benzene rings is 1. The minimum atomic E-state index is -3.95. The number of carboxylic acids is 1. The molecule has 0 aliphatic carbocycles. The average Bonchev–Trinajstić information content (AvgIpc) is 2.88. The van der Waals surface area contributed by atoms with Crippen LogP contribution < -0.4 is 28.3 Å². The number of nitrogens with one attached hydrogen (secondary N) is 1. The van der Waals surface area contributed by atoms with Crippen molar-refractivity contribution in [1.29, 1.82) is 0 Å². The van der Waals surface area contributed by atoms with Crippen LogP contribution in [-0.2, 0) is 14.8 Å². The van der Waals surface area contributed by atoms with Gasteiger partial charge in [-0.15, -0.1) is 0 Å². The third kappa shape index (κ3) is 4.71. The van der Waals surface area contributed by atoms with Gasteiger partial charge in [-0.2, -0.15) is 0 Å². The molecule has 1 aliphatic rings. The van der Waals surface area contributed by atoms with Gasteiger partial charge in [0.1, 0.15) is 11.3 Å². The van der Waals surface area contributed by atoms with E-state index in [4.69, 9.17) is 14.0 Å². The van der Waals surface area contributed by atoms with Gasteiger partial charge in [0.15, 0.2) is 0 Å². The van der Waals surface area contributed by atoms with Gasteiger partial charge in [-0.25, -0.2) is 17.9 Å². The molecule has 0 unspecified atom stereocenters. The first-order valence-electron chi connectivity index (χ1n) is 7.25. The van der Waals surface area contributed by atoms with Gasteiger partial charge < -0.3 is 20.1 Å². The third-order valence-electron chi connectivity index (χ3n) is 2.85. The van der Waals surface area contributed by atoms with E-state index in [9.17, 15) is 13.2 Å². The zero-order chi connectivity index (χ0) is 17.3. The van der Waals surface area contributed by atoms with E-state index < -0.39 is 34.3 Å². The molecule has 10 heteroatoms. The van der Waals surface area contributed by atoms with E-state index in [2.05, 4.69) is 9.46 Å². The fraction of sp³-hybridized carbons (Fsp3) is 0.417. The van der Waals surface area contributed by atoms with Crippen LogP contribution in [0, 0.1) is 0 Å². The van der Waals surface area contributed by atoms with E-state index in [-0.39, 0.29) is 41.9 Å². The quantitative estimate of drug-likeness (QED) is 0.562. The molecule has 0 amide bonds. The van der Waals surface area contributed by atoms with Gasteiger partial charge in [0.05, 0.1) is 22.7 Å². The number of sulfonamides is 1. The molecule has 1 fully saturated rings. The minimum absolute atomic E-state index is 0. The SMILES string of the molecule is [2H]C([2H])([2H])Oc1ccc(S(=O)(=O)N[C@H]2CCOC2)cc1C(=O)O.[Li+].[OH-]. The van der Waals surface area contributed by atoms with Crippen LogP contribution in [0.25, 0.3) is 0 Å². The van der Waals surface area contributed by atoms with Crippen molar-refractivity contribution in [3.05, 3.63) is 23.8 Å². The summed E-state index contributed by atoms with van der Waals surface area (Å²) >= 11 is 0. The molecule has 0 spiro atoms. The largest absolute Gasteiger partial charge is 1.00 e. The van der Waals surface area contributed by atoms with Crippen LogP contribution >= 0.6 is 0 Å². The number of hydrogen-bond donors (Lipinski definition) is 2. The zero-order valence-electron chi connectivity index (χ0n) is 14.8. The first kappa shape index (κ1) is 15.8. The molecule has 118 valence electrons. The second-order valence-electron chi connectivity index (χ2n) is 4.25. The Morgan fingerprint density at radius 2 is 2.27 bits per heavy atom. The minimum Gasteiger partial charge on any atom is -0.870 e. The van der Waals surface area contributed by atoms with E-state index in [1.165, 1.54) is 0 Å². The molecule has 0 saturated carbocycles. The third-order valence-corrected chi connectivity index (χ3v) is 4.37. The first-order chi connectivity index (χ1) is 10.6. The van der Waals surface area contributed by atoms with Gasteiger partial charge in [0.25, 0.3) is 0 Å². The molecule has 1 aromatic carbocycles. The maximum Gasteiger partial charge on any atom is 1.00 e. The van der Waals surface area contributed by atoms with Gasteiger partial charge in [0, 0.05) is 12.6 Å². The Bertz CT molecular complexity index is 705. The summed E-state index contributed by atoms with van der Waals surface area (Å²) < 4.78 is 57.6. The van der Waals surface area contributed by atoms with Crippen LogP contribution in [0.3, 0.4) is 0 Å². The molecule has 8 nitrogen and oxygen atoms in total. The van der Waals surface area contributed by atoms with Crippen molar-refractivity contribution in [3.63, 3.8) is 0 Å². The Balaban J connectivity index is 0.00000288. The summed E-state index contributed by atoms with van der Waals surface area (Å²) in [6.07, 6.45) is 0.519. The second kappa shape index (κ2) is 8.52. The van der Waals surface area contributed by atoms with E-state index in [1.807, 2.05) is 0 Å². The van der Waals surface area contributed by atoms with Crippen molar-refractivity contribution in [2.45, 2.75) is 17.4 Å². The monoisotopic (exact) mass is 328 g/mol. The maximum atomic E-state index is 12.2. The number of hydrogen-bond acceptors (Lipinski definition) is 6. The number of aromatic carboxylic acids is 1. The van der Waals surface area contributed by atoms with E-state index in [0.717, 1.165) is 18.2 Å². The Kier molecular flexibility index (Phi) is 6.12. The van der Waals surface area contributed by atoms with E-state index >= 15 is 0 Å². The Hall–Kier alpha value is -1.08. The Morgan fingerprint density at radius 1 is 1.55 bits per heavy atom. The van der Waals surface area contributed by atoms with Crippen LogP contribution in [0.5, 0.6) is 5.75 Å². The molecule has 1 aromatic rings. The molecule has 1 saturated heterocycles. The van der Waals surface area contributed by atoms with Crippen molar-refractivity contribution in [2.75, 3.05) is 20.3 Å². The van der Waals surface area contributed by atoms with Crippen molar-refractivity contribution in [3.8, 4) is 5.75 Å². The van der Waals surface area contributed by atoms with Gasteiger partial charge in [0.2, 0.25) is 10.0 Å². The van der Waals surface area contributed by atoms with Crippen molar-refractivity contribution >= 4 is 16.0 Å². The first-order valence-corrected chi connectivity index (χ1v) is 7.23. The van der Waals surface area contributed by atoms with E-state index in [0.29, 0.717) is 13.0 Å². The number of carboxylic acid groups (broad SMARTS) is 1. The van der Waals surface area contributed by atoms with Crippen LogP contribution in [0.15, 0.2) is 23.1 Å². The summed E-state index contributed by atoms with van der Waals surface area (Å²) in [4.78, 5) is 10.9. The van der Waals surface area contributed by atoms with Crippen molar-refractivity contribution in [2.24, 2.45) is 0 Å². The molecular formula is C12H16LiNO7S. The Labute approximate surface area is 144 Å². The molecule has 0 bridgehead atoms. The fourth-order valence-corrected chi connectivity index (χ4v) is 3.13. The van der Waals surface area contributed by atoms with Crippen LogP contribution in [0.2, 0.25) is 0 Å². The number of ether oxygens (including phenoxy) is 2. The molecule has 1 atom stereocenters. The summed E-state index contributed by atoms with van der Waals surface area (Å²) in [7, 11) is -6.79. The molecule has 3 N–H and O–H groups in total. The summed E-state index contributed by atoms with van der Waals surface area (Å²) in [5.41, 5.74) is -0.549. The average molecular weight is 328 g/mol. The van der Waals surface area contributed by atoms with Gasteiger partial charge in [-0.05, 0) is 24.6 Å². The van der Waals surface area contributed by atoms with Crippen LogP contribution in [0.1, 0.15) is 20.9 Å². The summed E-state index contributed by atoms with van der Waals surface area (Å²) in [6, 6.07) is 2.58. The van der Waals surface area contributed by atoms with Crippen LogP contribution in [-0.4, -0.2) is 51.3 Å². The fourth-order valence-electron chi connectivity index (χ4n) is 1.85. The van der Waals surface area contributed by atoms with Gasteiger partial charge in [-0.1, -0.05) is 0 Å². The summed E-state index contributed by atoms with van der Waals surface area (Å²) in [5, 5.41) is 9.14. The second-order valence-corrected chi connectivity index (χ2v) is 5.96. The molecule has 0 radical (unpaired) electrons. The van der Waals surface area contributed by atoms with Gasteiger partial charge >= 0.3 is 24.8 Å². The molecule has 1 aliphatic heterocycles. The molecule has 1 heterocycles. The van der Waals surface area contributed by atoms with Crippen LogP contribution in [0.4, 0.5) is 0 Å². The molecule has 0 aromatic heterocycles. The predicted molar refractivity (Wildman–Crippen MR) is 71.4 cm³/mol. The zero-order valence-corrected chi connectivity index (χ0v) is 12.6. The number of carbonyl (C=O) groups is 1. The number of rotatable bonds is 5. The summed E-state index contributed by atoms with van der Waals surface area (Å²) in [5.74, 6) is -1.92. The summed E-state index contributed by atoms with van der Waals surface area (Å²) in [6.45, 7) is 0.685.